The molecule has 4 nitrogen and oxygen atoms in total. The van der Waals surface area contributed by atoms with Crippen LogP contribution in [0.1, 0.15) is 38.7 Å². The van der Waals surface area contributed by atoms with E-state index in [2.05, 4.69) is 23.5 Å². The van der Waals surface area contributed by atoms with Gasteiger partial charge in [-0.05, 0) is 56.5 Å². The number of nitrogens with zero attached hydrogens (tertiary/aromatic N) is 1. The standard InChI is InChI=1S/C17H28N2O2S/c1-14(2)17(19-10-5-4-6-11-19)13-18-22(20,21)16-9-7-8-15(3)12-16/h7-9,12,14,17-18H,4-6,10-11,13H2,1-3H3. The average molecular weight is 324 g/mol. The van der Waals surface area contributed by atoms with Gasteiger partial charge >= 0.3 is 0 Å². The molecule has 0 spiro atoms. The number of piperidine rings is 1. The Morgan fingerprint density at radius 2 is 1.86 bits per heavy atom. The molecule has 0 amide bonds. The smallest absolute Gasteiger partial charge is 0.240 e. The molecule has 22 heavy (non-hydrogen) atoms. The van der Waals surface area contributed by atoms with Gasteiger partial charge in [0.1, 0.15) is 0 Å². The molecule has 1 aromatic rings. The van der Waals surface area contributed by atoms with Gasteiger partial charge in [0.25, 0.3) is 0 Å². The fourth-order valence-electron chi connectivity index (χ4n) is 3.10. The zero-order valence-corrected chi connectivity index (χ0v) is 14.7. The van der Waals surface area contributed by atoms with E-state index >= 15 is 0 Å². The highest BCUT2D eigenvalue weighted by atomic mass is 32.2. The minimum absolute atomic E-state index is 0.264. The Morgan fingerprint density at radius 3 is 2.45 bits per heavy atom. The number of likely N-dealkylation sites (tertiary alicyclic amines) is 1. The molecule has 0 bridgehead atoms. The van der Waals surface area contributed by atoms with Gasteiger partial charge in [0.2, 0.25) is 10.0 Å². The summed E-state index contributed by atoms with van der Waals surface area (Å²) < 4.78 is 27.7. The summed E-state index contributed by atoms with van der Waals surface area (Å²) in [5.41, 5.74) is 0.958. The maximum atomic E-state index is 12.5. The second kappa shape index (κ2) is 7.57. The van der Waals surface area contributed by atoms with E-state index in [0.29, 0.717) is 17.4 Å². The molecule has 124 valence electrons. The Balaban J connectivity index is 2.05. The SMILES string of the molecule is Cc1cccc(S(=O)(=O)NCC(C(C)C)N2CCCCC2)c1. The van der Waals surface area contributed by atoms with Crippen molar-refractivity contribution >= 4 is 10.0 Å². The predicted molar refractivity (Wildman–Crippen MR) is 90.4 cm³/mol. The van der Waals surface area contributed by atoms with Crippen LogP contribution < -0.4 is 4.72 Å². The van der Waals surface area contributed by atoms with Crippen LogP contribution in [0.5, 0.6) is 0 Å². The van der Waals surface area contributed by atoms with Gasteiger partial charge in [0.05, 0.1) is 4.90 Å². The van der Waals surface area contributed by atoms with Gasteiger partial charge < -0.3 is 0 Å². The summed E-state index contributed by atoms with van der Waals surface area (Å²) in [6.07, 6.45) is 3.72. The summed E-state index contributed by atoms with van der Waals surface area (Å²) in [4.78, 5) is 2.79. The summed E-state index contributed by atoms with van der Waals surface area (Å²) in [6.45, 7) is 8.88. The van der Waals surface area contributed by atoms with Crippen LogP contribution in [-0.4, -0.2) is 39.0 Å². The zero-order valence-electron chi connectivity index (χ0n) is 13.9. The minimum Gasteiger partial charge on any atom is -0.299 e. The van der Waals surface area contributed by atoms with E-state index in [0.717, 1.165) is 18.7 Å². The van der Waals surface area contributed by atoms with Crippen LogP contribution in [0.15, 0.2) is 29.2 Å². The van der Waals surface area contributed by atoms with E-state index in [1.54, 1.807) is 18.2 Å². The quantitative estimate of drug-likeness (QED) is 0.875. The minimum atomic E-state index is -3.43. The maximum absolute atomic E-state index is 12.5. The van der Waals surface area contributed by atoms with Gasteiger partial charge in [0.15, 0.2) is 0 Å². The lowest BCUT2D eigenvalue weighted by Gasteiger charge is -2.37. The third-order valence-electron chi connectivity index (χ3n) is 4.41. The number of rotatable bonds is 6. The van der Waals surface area contributed by atoms with Gasteiger partial charge in [0, 0.05) is 12.6 Å². The summed E-state index contributed by atoms with van der Waals surface area (Å²) in [7, 11) is -3.43. The van der Waals surface area contributed by atoms with Crippen LogP contribution in [0.2, 0.25) is 0 Å². The van der Waals surface area contributed by atoms with Crippen LogP contribution in [-0.2, 0) is 10.0 Å². The first-order valence-electron chi connectivity index (χ1n) is 8.20. The molecule has 0 radical (unpaired) electrons. The first-order chi connectivity index (χ1) is 10.4. The second-order valence-electron chi connectivity index (χ2n) is 6.58. The normalized spacial score (nSPS) is 18.5. The average Bonchev–Trinajstić information content (AvgIpc) is 2.48. The summed E-state index contributed by atoms with van der Waals surface area (Å²) >= 11 is 0. The number of sulfonamides is 1. The molecule has 2 rings (SSSR count). The lowest BCUT2D eigenvalue weighted by Crippen LogP contribution is -2.48. The molecule has 1 unspecified atom stereocenters. The summed E-state index contributed by atoms with van der Waals surface area (Å²) in [5.74, 6) is 0.429. The van der Waals surface area contributed by atoms with Crippen LogP contribution in [0, 0.1) is 12.8 Å². The molecule has 1 atom stereocenters. The Labute approximate surface area is 135 Å². The molecule has 0 aliphatic carbocycles. The predicted octanol–water partition coefficient (Wildman–Crippen LogP) is 2.78. The number of aryl methyl sites for hydroxylation is 1. The van der Waals surface area contributed by atoms with Crippen LogP contribution in [0.25, 0.3) is 0 Å². The lowest BCUT2D eigenvalue weighted by molar-refractivity contribution is 0.130. The molecule has 5 heteroatoms. The number of hydrogen-bond donors (Lipinski definition) is 1. The van der Waals surface area contributed by atoms with Crippen LogP contribution in [0.4, 0.5) is 0 Å². The van der Waals surface area contributed by atoms with E-state index in [1.807, 2.05) is 13.0 Å². The van der Waals surface area contributed by atoms with Gasteiger partial charge in [-0.15, -0.1) is 0 Å². The van der Waals surface area contributed by atoms with E-state index in [1.165, 1.54) is 19.3 Å². The van der Waals surface area contributed by atoms with Crippen molar-refractivity contribution in [3.63, 3.8) is 0 Å². The van der Waals surface area contributed by atoms with Crippen molar-refractivity contribution in [3.05, 3.63) is 29.8 Å². The molecule has 1 aromatic carbocycles. The molecular formula is C17H28N2O2S. The number of hydrogen-bond acceptors (Lipinski definition) is 3. The summed E-state index contributed by atoms with van der Waals surface area (Å²) in [6, 6.07) is 7.33. The molecule has 0 aromatic heterocycles. The van der Waals surface area contributed by atoms with Crippen molar-refractivity contribution in [1.82, 2.24) is 9.62 Å². The van der Waals surface area contributed by atoms with Crippen LogP contribution >= 0.6 is 0 Å². The first kappa shape index (κ1) is 17.4. The molecule has 0 saturated carbocycles. The van der Waals surface area contributed by atoms with Crippen molar-refractivity contribution in [2.75, 3.05) is 19.6 Å². The lowest BCUT2D eigenvalue weighted by atomic mass is 9.99. The van der Waals surface area contributed by atoms with Gasteiger partial charge in [-0.2, -0.15) is 0 Å². The third kappa shape index (κ3) is 4.54. The second-order valence-corrected chi connectivity index (χ2v) is 8.34. The maximum Gasteiger partial charge on any atom is 0.240 e. The van der Waals surface area contributed by atoms with E-state index in [4.69, 9.17) is 0 Å². The fraction of sp³-hybridized carbons (Fsp3) is 0.647. The molecule has 1 heterocycles. The van der Waals surface area contributed by atoms with Gasteiger partial charge in [-0.3, -0.25) is 4.90 Å². The number of nitrogens with one attached hydrogen (secondary N) is 1. The Kier molecular flexibility index (Phi) is 6.01. The summed E-state index contributed by atoms with van der Waals surface area (Å²) in [5, 5.41) is 0. The molecule has 1 saturated heterocycles. The Morgan fingerprint density at radius 1 is 1.18 bits per heavy atom. The molecule has 1 N–H and O–H groups in total. The highest BCUT2D eigenvalue weighted by Crippen LogP contribution is 2.18. The molecule has 1 aliphatic heterocycles. The van der Waals surface area contributed by atoms with Crippen molar-refractivity contribution < 1.29 is 8.42 Å². The number of benzene rings is 1. The Bertz CT molecular complexity index is 578. The highest BCUT2D eigenvalue weighted by molar-refractivity contribution is 7.89. The van der Waals surface area contributed by atoms with Crippen molar-refractivity contribution in [2.45, 2.75) is 51.0 Å². The zero-order chi connectivity index (χ0) is 16.2. The fourth-order valence-corrected chi connectivity index (χ4v) is 4.25. The Hall–Kier alpha value is -0.910. The third-order valence-corrected chi connectivity index (χ3v) is 5.83. The van der Waals surface area contributed by atoms with E-state index in [9.17, 15) is 8.42 Å². The largest absolute Gasteiger partial charge is 0.299 e. The van der Waals surface area contributed by atoms with E-state index in [-0.39, 0.29) is 6.04 Å². The van der Waals surface area contributed by atoms with Crippen molar-refractivity contribution in [3.8, 4) is 0 Å². The molecule has 1 fully saturated rings. The molecular weight excluding hydrogens is 296 g/mol. The topological polar surface area (TPSA) is 49.4 Å². The first-order valence-corrected chi connectivity index (χ1v) is 9.69. The monoisotopic (exact) mass is 324 g/mol. The van der Waals surface area contributed by atoms with Gasteiger partial charge in [-0.25, -0.2) is 13.1 Å². The van der Waals surface area contributed by atoms with Gasteiger partial charge in [-0.1, -0.05) is 32.4 Å². The highest BCUT2D eigenvalue weighted by Gasteiger charge is 2.25. The van der Waals surface area contributed by atoms with Crippen molar-refractivity contribution in [1.29, 1.82) is 0 Å². The van der Waals surface area contributed by atoms with E-state index < -0.39 is 10.0 Å². The molecule has 1 aliphatic rings. The van der Waals surface area contributed by atoms with Crippen molar-refractivity contribution in [2.24, 2.45) is 5.92 Å². The van der Waals surface area contributed by atoms with Crippen LogP contribution in [0.3, 0.4) is 0 Å².